The zero-order valence-corrected chi connectivity index (χ0v) is 16.1. The number of hydrogen-bond acceptors (Lipinski definition) is 3. The van der Waals surface area contributed by atoms with Gasteiger partial charge in [0.25, 0.3) is 11.5 Å². The number of carbonyl (C=O) groups excluding carboxylic acids is 1. The Bertz CT molecular complexity index is 737. The molecule has 142 valence electrons. The summed E-state index contributed by atoms with van der Waals surface area (Å²) in [6.07, 6.45) is 6.53. The summed E-state index contributed by atoms with van der Waals surface area (Å²) < 4.78 is 1.70. The Balaban J connectivity index is 1.53. The van der Waals surface area contributed by atoms with Crippen molar-refractivity contribution in [3.63, 3.8) is 0 Å². The highest BCUT2D eigenvalue weighted by atomic mass is 16.2. The summed E-state index contributed by atoms with van der Waals surface area (Å²) >= 11 is 0. The molecule has 5 rings (SSSR count). The second kappa shape index (κ2) is 7.18. The first-order chi connectivity index (χ1) is 12.6. The quantitative estimate of drug-likeness (QED) is 0.832. The fourth-order valence-electron chi connectivity index (χ4n) is 4.97. The molecule has 2 bridgehead atoms. The molecule has 0 spiro atoms. The maximum Gasteiger partial charge on any atom is 0.263 e. The first-order valence-electron chi connectivity index (χ1n) is 10.3. The number of amides is 1. The van der Waals surface area contributed by atoms with E-state index in [4.69, 9.17) is 0 Å². The van der Waals surface area contributed by atoms with Gasteiger partial charge in [-0.1, -0.05) is 6.42 Å². The maximum absolute atomic E-state index is 13.2. The molecule has 2 atom stereocenters. The van der Waals surface area contributed by atoms with Crippen molar-refractivity contribution in [3.8, 4) is 0 Å². The highest BCUT2D eigenvalue weighted by Crippen LogP contribution is 2.33. The molecule has 4 fully saturated rings. The Labute approximate surface area is 156 Å². The summed E-state index contributed by atoms with van der Waals surface area (Å²) in [6.45, 7) is 8.38. The van der Waals surface area contributed by atoms with Gasteiger partial charge in [-0.2, -0.15) is 0 Å². The molecule has 26 heavy (non-hydrogen) atoms. The molecule has 1 aliphatic carbocycles. The number of nitrogens with zero attached hydrogens (tertiary/aromatic N) is 3. The minimum Gasteiger partial charge on any atom is -0.337 e. The second-order valence-electron chi connectivity index (χ2n) is 8.50. The van der Waals surface area contributed by atoms with Crippen LogP contribution in [0, 0.1) is 18.8 Å². The fraction of sp³-hybridized carbons (Fsp3) is 0.714. The molecular weight excluding hydrogens is 326 g/mol. The summed E-state index contributed by atoms with van der Waals surface area (Å²) in [5, 5.41) is 0. The number of fused-ring (bicyclic) bond motifs is 4. The molecule has 0 radical (unpaired) electrons. The van der Waals surface area contributed by atoms with Crippen molar-refractivity contribution in [2.75, 3.05) is 26.2 Å². The topological polar surface area (TPSA) is 45.6 Å². The van der Waals surface area contributed by atoms with E-state index in [1.807, 2.05) is 24.8 Å². The Morgan fingerprint density at radius 1 is 1.12 bits per heavy atom. The van der Waals surface area contributed by atoms with Crippen LogP contribution in [0.1, 0.15) is 55.1 Å². The van der Waals surface area contributed by atoms with Gasteiger partial charge in [-0.15, -0.1) is 0 Å². The monoisotopic (exact) mass is 357 g/mol. The molecule has 0 N–H and O–H groups in total. The first-order valence-corrected chi connectivity index (χ1v) is 10.3. The lowest BCUT2D eigenvalue weighted by atomic mass is 9.83. The van der Waals surface area contributed by atoms with Gasteiger partial charge >= 0.3 is 0 Å². The summed E-state index contributed by atoms with van der Waals surface area (Å²) in [4.78, 5) is 30.5. The fourth-order valence-corrected chi connectivity index (χ4v) is 4.97. The third kappa shape index (κ3) is 3.22. The summed E-state index contributed by atoms with van der Waals surface area (Å²) in [5.41, 5.74) is 1.11. The Morgan fingerprint density at radius 2 is 1.92 bits per heavy atom. The summed E-state index contributed by atoms with van der Waals surface area (Å²) in [5.74, 6) is 1.35. The molecule has 3 aliphatic heterocycles. The van der Waals surface area contributed by atoms with Crippen LogP contribution in [0.5, 0.6) is 0 Å². The van der Waals surface area contributed by atoms with E-state index in [0.29, 0.717) is 24.1 Å². The lowest BCUT2D eigenvalue weighted by Gasteiger charge is -2.40. The van der Waals surface area contributed by atoms with Crippen LogP contribution in [0.3, 0.4) is 0 Å². The lowest BCUT2D eigenvalue weighted by molar-refractivity contribution is 0.0715. The van der Waals surface area contributed by atoms with Crippen LogP contribution in [-0.2, 0) is 6.54 Å². The number of piperidine rings is 1. The number of hydrogen-bond donors (Lipinski definition) is 0. The predicted octanol–water partition coefficient (Wildman–Crippen LogP) is 2.51. The Morgan fingerprint density at radius 3 is 2.62 bits per heavy atom. The van der Waals surface area contributed by atoms with Crippen LogP contribution in [0.2, 0.25) is 0 Å². The van der Waals surface area contributed by atoms with Gasteiger partial charge in [0, 0.05) is 44.5 Å². The van der Waals surface area contributed by atoms with E-state index in [1.54, 1.807) is 10.6 Å². The van der Waals surface area contributed by atoms with E-state index in [2.05, 4.69) is 4.90 Å². The molecule has 1 aromatic heterocycles. The summed E-state index contributed by atoms with van der Waals surface area (Å²) in [6, 6.07) is 4.09. The van der Waals surface area contributed by atoms with Crippen molar-refractivity contribution in [2.45, 2.75) is 58.5 Å². The summed E-state index contributed by atoms with van der Waals surface area (Å²) in [7, 11) is 0. The average Bonchev–Trinajstić information content (AvgIpc) is 2.90. The number of pyridine rings is 1. The van der Waals surface area contributed by atoms with E-state index in [9.17, 15) is 9.59 Å². The number of carbonyl (C=O) groups is 1. The molecule has 5 nitrogen and oxygen atoms in total. The van der Waals surface area contributed by atoms with Crippen molar-refractivity contribution < 1.29 is 4.79 Å². The molecule has 0 aromatic carbocycles. The Kier molecular flexibility index (Phi) is 4.91. The average molecular weight is 357 g/mol. The highest BCUT2D eigenvalue weighted by Gasteiger charge is 2.38. The second-order valence-corrected chi connectivity index (χ2v) is 8.50. The minimum absolute atomic E-state index is 0.0698. The van der Waals surface area contributed by atoms with E-state index < -0.39 is 0 Å². The van der Waals surface area contributed by atoms with Crippen molar-refractivity contribution in [1.29, 1.82) is 0 Å². The zero-order valence-electron chi connectivity index (χ0n) is 16.1. The molecular formula is C21H31N3O2. The molecule has 4 heterocycles. The Hall–Kier alpha value is -1.62. The van der Waals surface area contributed by atoms with Crippen LogP contribution in [0.4, 0.5) is 0 Å². The molecule has 5 heteroatoms. The minimum atomic E-state index is -0.139. The largest absolute Gasteiger partial charge is 0.337 e. The van der Waals surface area contributed by atoms with Crippen LogP contribution in [-0.4, -0.2) is 52.5 Å². The number of aryl methyl sites for hydroxylation is 1. The van der Waals surface area contributed by atoms with Gasteiger partial charge in [0.15, 0.2) is 0 Å². The van der Waals surface area contributed by atoms with Gasteiger partial charge in [0.1, 0.15) is 5.56 Å². The van der Waals surface area contributed by atoms with Gasteiger partial charge in [0.05, 0.1) is 0 Å². The van der Waals surface area contributed by atoms with E-state index in [1.165, 1.54) is 38.6 Å². The van der Waals surface area contributed by atoms with Crippen LogP contribution in [0.25, 0.3) is 0 Å². The van der Waals surface area contributed by atoms with E-state index in [-0.39, 0.29) is 11.5 Å². The molecule has 1 aromatic rings. The molecule has 0 unspecified atom stereocenters. The molecule has 4 aliphatic rings. The predicted molar refractivity (Wildman–Crippen MR) is 102 cm³/mol. The van der Waals surface area contributed by atoms with Gasteiger partial charge in [-0.25, -0.2) is 0 Å². The third-order valence-electron chi connectivity index (χ3n) is 6.77. The number of rotatable bonds is 4. The third-order valence-corrected chi connectivity index (χ3v) is 6.77. The van der Waals surface area contributed by atoms with Crippen LogP contribution in [0.15, 0.2) is 16.9 Å². The first kappa shape index (κ1) is 17.8. The highest BCUT2D eigenvalue weighted by molar-refractivity contribution is 5.94. The van der Waals surface area contributed by atoms with Crippen molar-refractivity contribution in [2.24, 2.45) is 11.8 Å². The zero-order chi connectivity index (χ0) is 18.3. The molecule has 3 saturated heterocycles. The van der Waals surface area contributed by atoms with Crippen molar-refractivity contribution in [3.05, 3.63) is 33.7 Å². The SMILES string of the molecule is CCn1c(C)ccc(C(=O)N2C[C@@H]3CC[C@H](C2)N(CC2CCC2)C3)c1=O. The van der Waals surface area contributed by atoms with Crippen LogP contribution < -0.4 is 5.56 Å². The van der Waals surface area contributed by atoms with Crippen molar-refractivity contribution >= 4 is 5.91 Å². The maximum atomic E-state index is 13.2. The van der Waals surface area contributed by atoms with Gasteiger partial charge in [0.2, 0.25) is 0 Å². The number of aromatic nitrogens is 1. The van der Waals surface area contributed by atoms with Gasteiger partial charge in [-0.05, 0) is 63.5 Å². The smallest absolute Gasteiger partial charge is 0.263 e. The van der Waals surface area contributed by atoms with Gasteiger partial charge < -0.3 is 9.47 Å². The molecule has 1 amide bonds. The van der Waals surface area contributed by atoms with E-state index >= 15 is 0 Å². The molecule has 1 saturated carbocycles. The van der Waals surface area contributed by atoms with Gasteiger partial charge in [-0.3, -0.25) is 14.5 Å². The lowest BCUT2D eigenvalue weighted by Crippen LogP contribution is -2.47. The van der Waals surface area contributed by atoms with Crippen LogP contribution >= 0.6 is 0 Å². The normalized spacial score (nSPS) is 26.6. The standard InChI is InChI=1S/C21H31N3O2/c1-3-24-15(2)7-10-19(21(24)26)20(25)23-13-17-8-9-18(14-23)22(12-17)11-16-5-4-6-16/h7,10,16-18H,3-6,8-9,11-14H2,1-2H3/t17-,18-/m1/s1. The van der Waals surface area contributed by atoms with Crippen molar-refractivity contribution in [1.82, 2.24) is 14.4 Å². The van der Waals surface area contributed by atoms with E-state index in [0.717, 1.165) is 31.2 Å².